The summed E-state index contributed by atoms with van der Waals surface area (Å²) in [7, 11) is 1.93. The highest BCUT2D eigenvalue weighted by Gasteiger charge is 2.38. The molecule has 2 heterocycles. The van der Waals surface area contributed by atoms with Crippen molar-refractivity contribution in [2.75, 3.05) is 12.3 Å². The Balaban J connectivity index is 1.39. The Hall–Kier alpha value is -3.70. The standard InChI is InChI=1S/C32H37N5O4S/c1-4-33-31(39)34-17-23-7-5-8-25(15-23)26-9-6-10-27(16-26)30-40-28(19-42-32-36-35-20-37(32)3)21(2)29(41-30)24-13-11-22(18-38)12-14-24/h5-16,20-21,28-30,38H,4,17-19H2,1-3H3,(H2,33,34,39)/t21-,28+,29+,30+/m1/s1. The maximum Gasteiger partial charge on any atom is 0.315 e. The van der Waals surface area contributed by atoms with Crippen molar-refractivity contribution in [1.82, 2.24) is 25.4 Å². The lowest BCUT2D eigenvalue weighted by atomic mass is 9.91. The van der Waals surface area contributed by atoms with Crippen LogP contribution >= 0.6 is 11.8 Å². The smallest absolute Gasteiger partial charge is 0.315 e. The molecule has 4 atom stereocenters. The van der Waals surface area contributed by atoms with Crippen LogP contribution in [-0.4, -0.2) is 44.3 Å². The third-order valence-corrected chi connectivity index (χ3v) is 8.50. The molecule has 1 saturated heterocycles. The lowest BCUT2D eigenvalue weighted by Gasteiger charge is -2.41. The number of nitrogens with one attached hydrogen (secondary N) is 2. The summed E-state index contributed by atoms with van der Waals surface area (Å²) < 4.78 is 15.2. The van der Waals surface area contributed by atoms with Gasteiger partial charge in [-0.15, -0.1) is 10.2 Å². The van der Waals surface area contributed by atoms with Crippen LogP contribution in [0.25, 0.3) is 11.1 Å². The molecule has 0 saturated carbocycles. The van der Waals surface area contributed by atoms with Gasteiger partial charge in [-0.3, -0.25) is 0 Å². The number of benzene rings is 3. The van der Waals surface area contributed by atoms with E-state index in [9.17, 15) is 9.90 Å². The minimum absolute atomic E-state index is 0.0000499. The van der Waals surface area contributed by atoms with E-state index in [2.05, 4.69) is 52.0 Å². The van der Waals surface area contributed by atoms with Gasteiger partial charge in [-0.05, 0) is 46.9 Å². The van der Waals surface area contributed by atoms with E-state index in [1.807, 2.05) is 67.1 Å². The first-order valence-corrected chi connectivity index (χ1v) is 15.1. The van der Waals surface area contributed by atoms with E-state index in [0.717, 1.165) is 38.5 Å². The summed E-state index contributed by atoms with van der Waals surface area (Å²) in [5.74, 6) is 0.762. The highest BCUT2D eigenvalue weighted by atomic mass is 32.2. The number of carbonyl (C=O) groups excluding carboxylic acids is 1. The van der Waals surface area contributed by atoms with Gasteiger partial charge in [0.1, 0.15) is 6.33 Å². The number of aliphatic hydroxyl groups is 1. The van der Waals surface area contributed by atoms with E-state index in [4.69, 9.17) is 9.47 Å². The second-order valence-electron chi connectivity index (χ2n) is 10.4. The minimum Gasteiger partial charge on any atom is -0.392 e. The van der Waals surface area contributed by atoms with Crippen LogP contribution in [0.15, 0.2) is 84.3 Å². The van der Waals surface area contributed by atoms with Crippen LogP contribution < -0.4 is 10.6 Å². The number of aryl methyl sites for hydroxylation is 1. The molecule has 2 amide bonds. The second kappa shape index (κ2) is 14.0. The molecule has 0 bridgehead atoms. The van der Waals surface area contributed by atoms with Crippen LogP contribution in [0.4, 0.5) is 4.79 Å². The predicted molar refractivity (Wildman–Crippen MR) is 162 cm³/mol. The third kappa shape index (κ3) is 7.19. The molecule has 0 aliphatic carbocycles. The first-order valence-electron chi connectivity index (χ1n) is 14.1. The van der Waals surface area contributed by atoms with Crippen LogP contribution in [-0.2, 0) is 29.7 Å². The molecule has 9 nitrogen and oxygen atoms in total. The molecule has 0 unspecified atom stereocenters. The largest absolute Gasteiger partial charge is 0.392 e. The molecule has 3 aromatic carbocycles. The van der Waals surface area contributed by atoms with Crippen LogP contribution in [0.5, 0.6) is 0 Å². The Kier molecular flexibility index (Phi) is 9.91. The second-order valence-corrected chi connectivity index (χ2v) is 11.4. The topological polar surface area (TPSA) is 111 Å². The van der Waals surface area contributed by atoms with Gasteiger partial charge >= 0.3 is 6.03 Å². The first-order chi connectivity index (χ1) is 20.4. The lowest BCUT2D eigenvalue weighted by molar-refractivity contribution is -0.268. The van der Waals surface area contributed by atoms with Gasteiger partial charge in [0.15, 0.2) is 11.4 Å². The molecule has 4 aromatic rings. The number of thioether (sulfide) groups is 1. The molecule has 1 aliphatic rings. The number of urea groups is 1. The zero-order chi connectivity index (χ0) is 29.5. The number of hydrogen-bond donors (Lipinski definition) is 3. The van der Waals surface area contributed by atoms with Crippen molar-refractivity contribution in [3.05, 3.63) is 101 Å². The SMILES string of the molecule is CCNC(=O)NCc1cccc(-c2cccc([C@H]3O[C@@H](CSc4nncn4C)[C@@H](C)[C@@H](c4ccc(CO)cc4)O3)c2)c1. The zero-order valence-electron chi connectivity index (χ0n) is 24.1. The number of aliphatic hydroxyl groups excluding tert-OH is 1. The third-order valence-electron chi connectivity index (χ3n) is 7.38. The van der Waals surface area contributed by atoms with Gasteiger partial charge in [-0.25, -0.2) is 4.79 Å². The van der Waals surface area contributed by atoms with E-state index in [0.29, 0.717) is 18.8 Å². The van der Waals surface area contributed by atoms with Crippen molar-refractivity contribution >= 4 is 17.8 Å². The van der Waals surface area contributed by atoms with Crippen LogP contribution in [0.3, 0.4) is 0 Å². The van der Waals surface area contributed by atoms with Crippen LogP contribution in [0.2, 0.25) is 0 Å². The number of carbonyl (C=O) groups is 1. The van der Waals surface area contributed by atoms with Gasteiger partial charge in [-0.2, -0.15) is 0 Å². The van der Waals surface area contributed by atoms with Gasteiger partial charge in [0.05, 0.1) is 18.8 Å². The Morgan fingerprint density at radius 3 is 2.45 bits per heavy atom. The summed E-state index contributed by atoms with van der Waals surface area (Å²) in [5.41, 5.74) is 5.92. The Labute approximate surface area is 250 Å². The van der Waals surface area contributed by atoms with E-state index >= 15 is 0 Å². The predicted octanol–water partition coefficient (Wildman–Crippen LogP) is 5.38. The average Bonchev–Trinajstić information content (AvgIpc) is 3.44. The number of aromatic nitrogens is 3. The summed E-state index contributed by atoms with van der Waals surface area (Å²) in [6.45, 7) is 5.06. The number of amides is 2. The summed E-state index contributed by atoms with van der Waals surface area (Å²) in [4.78, 5) is 11.9. The molecule has 3 N–H and O–H groups in total. The summed E-state index contributed by atoms with van der Waals surface area (Å²) >= 11 is 1.62. The van der Waals surface area contributed by atoms with E-state index in [1.54, 1.807) is 18.1 Å². The molecule has 42 heavy (non-hydrogen) atoms. The normalized spacial score (nSPS) is 20.3. The number of hydrogen-bond acceptors (Lipinski definition) is 7. The summed E-state index contributed by atoms with van der Waals surface area (Å²) in [6.07, 6.45) is 0.812. The molecular formula is C32H37N5O4S. The van der Waals surface area contributed by atoms with Crippen molar-refractivity contribution < 1.29 is 19.4 Å². The zero-order valence-corrected chi connectivity index (χ0v) is 24.9. The van der Waals surface area contributed by atoms with E-state index < -0.39 is 6.29 Å². The van der Waals surface area contributed by atoms with Crippen LogP contribution in [0, 0.1) is 5.92 Å². The van der Waals surface area contributed by atoms with Crippen LogP contribution in [0.1, 0.15) is 48.5 Å². The van der Waals surface area contributed by atoms with E-state index in [-0.39, 0.29) is 30.8 Å². The Morgan fingerprint density at radius 2 is 1.74 bits per heavy atom. The Bertz CT molecular complexity index is 1480. The number of rotatable bonds is 10. The van der Waals surface area contributed by atoms with Crippen molar-refractivity contribution in [3.63, 3.8) is 0 Å². The molecule has 0 spiro atoms. The fourth-order valence-electron chi connectivity index (χ4n) is 5.00. The molecular weight excluding hydrogens is 550 g/mol. The maximum atomic E-state index is 11.9. The van der Waals surface area contributed by atoms with Gasteiger partial charge in [0.25, 0.3) is 0 Å². The molecule has 0 radical (unpaired) electrons. The molecule has 1 fully saturated rings. The lowest BCUT2D eigenvalue weighted by Crippen LogP contribution is -2.38. The van der Waals surface area contributed by atoms with Gasteiger partial charge < -0.3 is 29.8 Å². The number of nitrogens with zero attached hydrogens (tertiary/aromatic N) is 3. The first kappa shape index (κ1) is 29.8. The Morgan fingerprint density at radius 1 is 0.976 bits per heavy atom. The molecule has 1 aromatic heterocycles. The van der Waals surface area contributed by atoms with Gasteiger partial charge in [0, 0.05) is 37.4 Å². The minimum atomic E-state index is -0.573. The number of ether oxygens (including phenoxy) is 2. The summed E-state index contributed by atoms with van der Waals surface area (Å²) in [5, 5.41) is 24.2. The van der Waals surface area contributed by atoms with Gasteiger partial charge in [0.2, 0.25) is 0 Å². The van der Waals surface area contributed by atoms with Crippen molar-refractivity contribution in [1.29, 1.82) is 0 Å². The van der Waals surface area contributed by atoms with Crippen molar-refractivity contribution in [2.45, 2.75) is 50.7 Å². The molecule has 1 aliphatic heterocycles. The fraction of sp³-hybridized carbons (Fsp3) is 0.344. The monoisotopic (exact) mass is 587 g/mol. The average molecular weight is 588 g/mol. The van der Waals surface area contributed by atoms with E-state index in [1.165, 1.54) is 0 Å². The van der Waals surface area contributed by atoms with Crippen molar-refractivity contribution in [3.8, 4) is 11.1 Å². The molecule has 5 rings (SSSR count). The molecule has 220 valence electrons. The maximum absolute atomic E-state index is 11.9. The highest BCUT2D eigenvalue weighted by Crippen LogP contribution is 2.43. The van der Waals surface area contributed by atoms with Crippen molar-refractivity contribution in [2.24, 2.45) is 13.0 Å². The highest BCUT2D eigenvalue weighted by molar-refractivity contribution is 7.99. The quantitative estimate of drug-likeness (QED) is 0.214. The van der Waals surface area contributed by atoms with Gasteiger partial charge in [-0.1, -0.05) is 79.3 Å². The fourth-order valence-corrected chi connectivity index (χ4v) is 6.05. The molecule has 10 heteroatoms. The summed E-state index contributed by atoms with van der Waals surface area (Å²) in [6, 6.07) is 24.1.